The number of nitrogens with one attached hydrogen (secondary N) is 3. The van der Waals surface area contributed by atoms with Crippen molar-refractivity contribution in [2.45, 2.75) is 19.3 Å². The van der Waals surface area contributed by atoms with Crippen LogP contribution in [-0.2, 0) is 9.59 Å². The molecule has 3 amide bonds. The molecule has 0 aliphatic heterocycles. The molecule has 1 unspecified atom stereocenters. The lowest BCUT2D eigenvalue weighted by Crippen LogP contribution is -2.37. The summed E-state index contributed by atoms with van der Waals surface area (Å²) < 4.78 is 0. The number of nitrogens with zero attached hydrogens (tertiary/aromatic N) is 1. The van der Waals surface area contributed by atoms with Crippen molar-refractivity contribution < 1.29 is 14.4 Å². The quantitative estimate of drug-likeness (QED) is 0.611. The highest BCUT2D eigenvalue weighted by molar-refractivity contribution is 5.96. The Morgan fingerprint density at radius 3 is 2.29 bits per heavy atom. The van der Waals surface area contributed by atoms with Gasteiger partial charge in [0.25, 0.3) is 5.91 Å². The van der Waals surface area contributed by atoms with Crippen molar-refractivity contribution in [1.29, 1.82) is 5.26 Å². The van der Waals surface area contributed by atoms with E-state index in [1.807, 2.05) is 36.4 Å². The molecule has 0 spiro atoms. The van der Waals surface area contributed by atoms with E-state index in [9.17, 15) is 14.4 Å². The summed E-state index contributed by atoms with van der Waals surface area (Å²) in [5.74, 6) is -1.32. The van der Waals surface area contributed by atoms with Gasteiger partial charge in [0.15, 0.2) is 0 Å². The van der Waals surface area contributed by atoms with Crippen molar-refractivity contribution in [2.75, 3.05) is 18.4 Å². The van der Waals surface area contributed by atoms with E-state index in [1.54, 1.807) is 24.3 Å². The van der Waals surface area contributed by atoms with E-state index in [0.29, 0.717) is 11.3 Å². The van der Waals surface area contributed by atoms with Crippen molar-refractivity contribution in [3.8, 4) is 6.07 Å². The van der Waals surface area contributed by atoms with Gasteiger partial charge in [-0.3, -0.25) is 14.4 Å². The first-order chi connectivity index (χ1) is 13.5. The summed E-state index contributed by atoms with van der Waals surface area (Å²) in [7, 11) is 0. The Morgan fingerprint density at radius 2 is 1.68 bits per heavy atom. The van der Waals surface area contributed by atoms with Crippen LogP contribution in [0.25, 0.3) is 0 Å². The molecular weight excluding hydrogens is 356 g/mol. The minimum atomic E-state index is -0.567. The number of hydrogen-bond donors (Lipinski definition) is 3. The largest absolute Gasteiger partial charge is 0.354 e. The zero-order valence-corrected chi connectivity index (χ0v) is 15.6. The van der Waals surface area contributed by atoms with Gasteiger partial charge in [-0.1, -0.05) is 30.3 Å². The maximum absolute atomic E-state index is 12.5. The normalized spacial score (nSPS) is 11.0. The Hall–Kier alpha value is -3.66. The highest BCUT2D eigenvalue weighted by Gasteiger charge is 2.21. The van der Waals surface area contributed by atoms with Gasteiger partial charge in [0.05, 0.1) is 18.4 Å². The monoisotopic (exact) mass is 378 g/mol. The molecule has 0 aliphatic carbocycles. The third kappa shape index (κ3) is 6.25. The summed E-state index contributed by atoms with van der Waals surface area (Å²) >= 11 is 0. The second kappa shape index (κ2) is 10.5. The smallest absolute Gasteiger partial charge is 0.251 e. The Bertz CT molecular complexity index is 857. The molecule has 144 valence electrons. The number of carbonyl (C=O) groups excluding carboxylic acids is 3. The van der Waals surface area contributed by atoms with E-state index in [2.05, 4.69) is 16.0 Å². The minimum absolute atomic E-state index is 0.120. The van der Waals surface area contributed by atoms with Gasteiger partial charge in [-0.2, -0.15) is 5.26 Å². The second-order valence-corrected chi connectivity index (χ2v) is 6.13. The van der Waals surface area contributed by atoms with Gasteiger partial charge in [0.1, 0.15) is 0 Å². The minimum Gasteiger partial charge on any atom is -0.354 e. The molecule has 28 heavy (non-hydrogen) atoms. The van der Waals surface area contributed by atoms with Crippen molar-refractivity contribution >= 4 is 23.4 Å². The highest BCUT2D eigenvalue weighted by atomic mass is 16.2. The molecular formula is C21H22N4O3. The van der Waals surface area contributed by atoms with E-state index >= 15 is 0 Å². The number of benzene rings is 2. The van der Waals surface area contributed by atoms with Gasteiger partial charge >= 0.3 is 0 Å². The average Bonchev–Trinajstić information content (AvgIpc) is 2.69. The SMILES string of the molecule is CC(=O)Nc1ccc(C(=O)NCC(C(=O)NCCC#N)c2ccccc2)cc1. The second-order valence-electron chi connectivity index (χ2n) is 6.13. The predicted molar refractivity (Wildman–Crippen MR) is 106 cm³/mol. The molecule has 0 radical (unpaired) electrons. The zero-order valence-electron chi connectivity index (χ0n) is 15.6. The van der Waals surface area contributed by atoms with Crippen LogP contribution < -0.4 is 16.0 Å². The summed E-state index contributed by atoms with van der Waals surface area (Å²) in [6.07, 6.45) is 0.222. The summed E-state index contributed by atoms with van der Waals surface area (Å²) in [5, 5.41) is 16.8. The predicted octanol–water partition coefficient (Wildman–Crippen LogP) is 2.19. The lowest BCUT2D eigenvalue weighted by molar-refractivity contribution is -0.122. The number of anilines is 1. The molecule has 0 aromatic heterocycles. The molecule has 0 bridgehead atoms. The molecule has 1 atom stereocenters. The van der Waals surface area contributed by atoms with Crippen molar-refractivity contribution in [1.82, 2.24) is 10.6 Å². The van der Waals surface area contributed by atoms with Crippen LogP contribution in [0.3, 0.4) is 0 Å². The first-order valence-electron chi connectivity index (χ1n) is 8.86. The fraction of sp³-hybridized carbons (Fsp3) is 0.238. The van der Waals surface area contributed by atoms with Crippen molar-refractivity contribution in [3.05, 3.63) is 65.7 Å². The summed E-state index contributed by atoms with van der Waals surface area (Å²) in [6.45, 7) is 1.79. The highest BCUT2D eigenvalue weighted by Crippen LogP contribution is 2.16. The topological polar surface area (TPSA) is 111 Å². The Balaban J connectivity index is 2.03. The van der Waals surface area contributed by atoms with Crippen LogP contribution in [0.5, 0.6) is 0 Å². The van der Waals surface area contributed by atoms with Crippen LogP contribution in [-0.4, -0.2) is 30.8 Å². The molecule has 7 nitrogen and oxygen atoms in total. The molecule has 2 rings (SSSR count). The molecule has 3 N–H and O–H groups in total. The lowest BCUT2D eigenvalue weighted by atomic mass is 9.98. The molecule has 0 fully saturated rings. The Kier molecular flexibility index (Phi) is 7.73. The number of carbonyl (C=O) groups is 3. The lowest BCUT2D eigenvalue weighted by Gasteiger charge is -2.18. The number of hydrogen-bond acceptors (Lipinski definition) is 4. The molecule has 0 aliphatic rings. The van der Waals surface area contributed by atoms with Crippen LogP contribution in [0.2, 0.25) is 0 Å². The standard InChI is InChI=1S/C21H22N4O3/c1-15(26)25-18-10-8-17(9-11-18)20(27)24-14-19(16-6-3-2-4-7-16)21(28)23-13-5-12-22/h2-4,6-11,19H,5,13-14H2,1H3,(H,23,28)(H,24,27)(H,25,26). The molecule has 0 saturated carbocycles. The first kappa shape index (κ1) is 20.6. The van der Waals surface area contributed by atoms with Crippen molar-refractivity contribution in [3.63, 3.8) is 0 Å². The molecule has 0 saturated heterocycles. The van der Waals surface area contributed by atoms with E-state index in [0.717, 1.165) is 5.56 Å². The van der Waals surface area contributed by atoms with Crippen LogP contribution in [0.1, 0.15) is 35.2 Å². The molecule has 2 aromatic carbocycles. The number of rotatable bonds is 8. The summed E-state index contributed by atoms with van der Waals surface area (Å²) in [4.78, 5) is 36.0. The van der Waals surface area contributed by atoms with Crippen LogP contribution in [0, 0.1) is 11.3 Å². The molecule has 2 aromatic rings. The van der Waals surface area contributed by atoms with E-state index in [4.69, 9.17) is 5.26 Å². The van der Waals surface area contributed by atoms with E-state index in [1.165, 1.54) is 6.92 Å². The first-order valence-corrected chi connectivity index (χ1v) is 8.86. The zero-order chi connectivity index (χ0) is 20.4. The van der Waals surface area contributed by atoms with Gasteiger partial charge in [0, 0.05) is 31.3 Å². The third-order valence-electron chi connectivity index (χ3n) is 3.99. The molecule has 7 heteroatoms. The molecule has 0 heterocycles. The van der Waals surface area contributed by atoms with Gasteiger partial charge < -0.3 is 16.0 Å². The maximum atomic E-state index is 12.5. The number of nitriles is 1. The average molecular weight is 378 g/mol. The fourth-order valence-corrected chi connectivity index (χ4v) is 2.62. The van der Waals surface area contributed by atoms with Gasteiger partial charge in [-0.05, 0) is 29.8 Å². The van der Waals surface area contributed by atoms with Crippen LogP contribution >= 0.6 is 0 Å². The van der Waals surface area contributed by atoms with Gasteiger partial charge in [-0.25, -0.2) is 0 Å². The summed E-state index contributed by atoms with van der Waals surface area (Å²) in [5.41, 5.74) is 1.80. The Morgan fingerprint density at radius 1 is 1.00 bits per heavy atom. The maximum Gasteiger partial charge on any atom is 0.251 e. The number of amides is 3. The fourth-order valence-electron chi connectivity index (χ4n) is 2.62. The van der Waals surface area contributed by atoms with E-state index < -0.39 is 5.92 Å². The van der Waals surface area contributed by atoms with Gasteiger partial charge in [0.2, 0.25) is 11.8 Å². The third-order valence-corrected chi connectivity index (χ3v) is 3.99. The van der Waals surface area contributed by atoms with Crippen LogP contribution in [0.15, 0.2) is 54.6 Å². The Labute approximate surface area is 163 Å². The van der Waals surface area contributed by atoms with Gasteiger partial charge in [-0.15, -0.1) is 0 Å². The van der Waals surface area contributed by atoms with Crippen LogP contribution in [0.4, 0.5) is 5.69 Å². The van der Waals surface area contributed by atoms with Crippen molar-refractivity contribution in [2.24, 2.45) is 0 Å². The summed E-state index contributed by atoms with van der Waals surface area (Å²) in [6, 6.07) is 17.6. The van der Waals surface area contributed by atoms with E-state index in [-0.39, 0.29) is 37.2 Å².